The van der Waals surface area contributed by atoms with Gasteiger partial charge in [0, 0.05) is 18.2 Å². The van der Waals surface area contributed by atoms with E-state index in [1.165, 1.54) is 13.0 Å². The SMILES string of the molecule is CNCC=Cc1ccc(C(C)=O)cc1[N+](=O)[O-]. The van der Waals surface area contributed by atoms with Gasteiger partial charge in [0.25, 0.3) is 5.69 Å². The Bertz CT molecular complexity index is 467. The van der Waals surface area contributed by atoms with Crippen molar-refractivity contribution in [3.8, 4) is 0 Å². The van der Waals surface area contributed by atoms with Crippen LogP contribution in [-0.2, 0) is 0 Å². The first-order valence-corrected chi connectivity index (χ1v) is 5.16. The number of rotatable bonds is 5. The van der Waals surface area contributed by atoms with Gasteiger partial charge in [-0.2, -0.15) is 0 Å². The molecule has 5 heteroatoms. The highest BCUT2D eigenvalue weighted by atomic mass is 16.6. The van der Waals surface area contributed by atoms with E-state index in [1.807, 2.05) is 0 Å². The molecular formula is C12H14N2O3. The van der Waals surface area contributed by atoms with Crippen LogP contribution in [0.15, 0.2) is 24.3 Å². The number of ketones is 1. The van der Waals surface area contributed by atoms with E-state index in [2.05, 4.69) is 5.32 Å². The van der Waals surface area contributed by atoms with Crippen LogP contribution in [0.3, 0.4) is 0 Å². The number of nitrogens with one attached hydrogen (secondary N) is 1. The highest BCUT2D eigenvalue weighted by Crippen LogP contribution is 2.21. The molecule has 1 N–H and O–H groups in total. The van der Waals surface area contributed by atoms with Crippen LogP contribution in [0.1, 0.15) is 22.8 Å². The van der Waals surface area contributed by atoms with Gasteiger partial charge in [0.2, 0.25) is 0 Å². The minimum Gasteiger partial charge on any atom is -0.316 e. The first-order chi connectivity index (χ1) is 8.06. The van der Waals surface area contributed by atoms with Crippen LogP contribution in [0.25, 0.3) is 6.08 Å². The zero-order chi connectivity index (χ0) is 12.8. The second kappa shape index (κ2) is 5.91. The predicted molar refractivity (Wildman–Crippen MR) is 66.1 cm³/mol. The van der Waals surface area contributed by atoms with Crippen LogP contribution < -0.4 is 5.32 Å². The van der Waals surface area contributed by atoms with Gasteiger partial charge in [0.1, 0.15) is 0 Å². The normalized spacial score (nSPS) is 10.7. The van der Waals surface area contributed by atoms with E-state index in [1.54, 1.807) is 31.3 Å². The van der Waals surface area contributed by atoms with Crippen LogP contribution in [0.4, 0.5) is 5.69 Å². The molecule has 90 valence electrons. The highest BCUT2D eigenvalue weighted by Gasteiger charge is 2.13. The second-order valence-electron chi connectivity index (χ2n) is 3.55. The number of Topliss-reactive ketones (excluding diaryl/α,β-unsaturated/α-hetero) is 1. The van der Waals surface area contributed by atoms with Crippen LogP contribution in [0.5, 0.6) is 0 Å². The topological polar surface area (TPSA) is 72.2 Å². The van der Waals surface area contributed by atoms with Crippen molar-refractivity contribution in [3.05, 3.63) is 45.5 Å². The summed E-state index contributed by atoms with van der Waals surface area (Å²) in [7, 11) is 1.79. The lowest BCUT2D eigenvalue weighted by molar-refractivity contribution is -0.385. The standard InChI is InChI=1S/C12H14N2O3/c1-9(15)11-6-5-10(4-3-7-13-2)12(8-11)14(16)17/h3-6,8,13H,7H2,1-2H3. The number of likely N-dealkylation sites (N-methyl/N-ethyl adjacent to an activating group) is 1. The third-order valence-electron chi connectivity index (χ3n) is 2.25. The van der Waals surface area contributed by atoms with Gasteiger partial charge in [-0.15, -0.1) is 0 Å². The molecule has 0 saturated heterocycles. The van der Waals surface area contributed by atoms with Crippen LogP contribution in [0.2, 0.25) is 0 Å². The number of carbonyl (C=O) groups excluding carboxylic acids is 1. The fraction of sp³-hybridized carbons (Fsp3) is 0.250. The second-order valence-corrected chi connectivity index (χ2v) is 3.55. The van der Waals surface area contributed by atoms with Crippen LogP contribution >= 0.6 is 0 Å². The number of benzene rings is 1. The van der Waals surface area contributed by atoms with Gasteiger partial charge >= 0.3 is 0 Å². The Labute approximate surface area is 99.3 Å². The van der Waals surface area contributed by atoms with E-state index in [0.717, 1.165) is 0 Å². The first-order valence-electron chi connectivity index (χ1n) is 5.16. The molecule has 0 atom stereocenters. The third-order valence-corrected chi connectivity index (χ3v) is 2.25. The van der Waals surface area contributed by atoms with E-state index >= 15 is 0 Å². The molecule has 0 unspecified atom stereocenters. The summed E-state index contributed by atoms with van der Waals surface area (Å²) in [5.41, 5.74) is 0.794. The molecule has 0 aliphatic carbocycles. The minimum atomic E-state index is -0.481. The zero-order valence-electron chi connectivity index (χ0n) is 9.77. The van der Waals surface area contributed by atoms with E-state index in [4.69, 9.17) is 0 Å². The summed E-state index contributed by atoms with van der Waals surface area (Å²) in [6.07, 6.45) is 3.45. The zero-order valence-corrected chi connectivity index (χ0v) is 9.77. The molecule has 0 aliphatic heterocycles. The average Bonchev–Trinajstić information content (AvgIpc) is 2.29. The van der Waals surface area contributed by atoms with Crippen molar-refractivity contribution < 1.29 is 9.72 Å². The molecule has 0 saturated carbocycles. The van der Waals surface area contributed by atoms with Crippen LogP contribution in [-0.4, -0.2) is 24.3 Å². The summed E-state index contributed by atoms with van der Waals surface area (Å²) in [6.45, 7) is 2.02. The number of nitro benzene ring substituents is 1. The molecule has 0 amide bonds. The number of hydrogen-bond donors (Lipinski definition) is 1. The Hall–Kier alpha value is -2.01. The van der Waals surface area contributed by atoms with Gasteiger partial charge in [0.15, 0.2) is 5.78 Å². The molecule has 0 aromatic heterocycles. The Morgan fingerprint density at radius 1 is 1.53 bits per heavy atom. The molecule has 1 rings (SSSR count). The summed E-state index contributed by atoms with van der Waals surface area (Å²) in [6, 6.07) is 4.48. The van der Waals surface area contributed by atoms with Gasteiger partial charge in [-0.3, -0.25) is 14.9 Å². The maximum absolute atomic E-state index is 11.1. The summed E-state index contributed by atoms with van der Waals surface area (Å²) >= 11 is 0. The fourth-order valence-corrected chi connectivity index (χ4v) is 1.37. The molecule has 0 radical (unpaired) electrons. The molecule has 17 heavy (non-hydrogen) atoms. The smallest absolute Gasteiger partial charge is 0.277 e. The van der Waals surface area contributed by atoms with Crippen molar-refractivity contribution in [1.82, 2.24) is 5.32 Å². The molecule has 0 bridgehead atoms. The molecule has 0 aliphatic rings. The highest BCUT2D eigenvalue weighted by molar-refractivity contribution is 5.95. The lowest BCUT2D eigenvalue weighted by Gasteiger charge is -2.00. The van der Waals surface area contributed by atoms with Gasteiger partial charge in [-0.25, -0.2) is 0 Å². The number of carbonyl (C=O) groups is 1. The summed E-state index contributed by atoms with van der Waals surface area (Å²) < 4.78 is 0. The summed E-state index contributed by atoms with van der Waals surface area (Å²) in [5, 5.41) is 13.8. The third kappa shape index (κ3) is 3.49. The Balaban J connectivity index is 3.13. The number of nitrogens with zero attached hydrogens (tertiary/aromatic N) is 1. The fourth-order valence-electron chi connectivity index (χ4n) is 1.37. The lowest BCUT2D eigenvalue weighted by atomic mass is 10.1. The first kappa shape index (κ1) is 13.1. The Morgan fingerprint density at radius 2 is 2.24 bits per heavy atom. The maximum Gasteiger partial charge on any atom is 0.277 e. The Morgan fingerprint density at radius 3 is 2.76 bits per heavy atom. The van der Waals surface area contributed by atoms with Gasteiger partial charge in [-0.1, -0.05) is 18.2 Å². The molecular weight excluding hydrogens is 220 g/mol. The summed E-state index contributed by atoms with van der Waals surface area (Å²) in [4.78, 5) is 21.5. The summed E-state index contributed by atoms with van der Waals surface area (Å²) in [5.74, 6) is -0.182. The maximum atomic E-state index is 11.1. The van der Waals surface area contributed by atoms with Crippen molar-refractivity contribution in [2.24, 2.45) is 0 Å². The number of hydrogen-bond acceptors (Lipinski definition) is 4. The monoisotopic (exact) mass is 234 g/mol. The number of nitro groups is 1. The van der Waals surface area contributed by atoms with Gasteiger partial charge in [0.05, 0.1) is 10.5 Å². The minimum absolute atomic E-state index is 0.0509. The van der Waals surface area contributed by atoms with Gasteiger partial charge in [-0.05, 0) is 20.0 Å². The quantitative estimate of drug-likeness (QED) is 0.480. The van der Waals surface area contributed by atoms with Crippen LogP contribution in [0, 0.1) is 10.1 Å². The van der Waals surface area contributed by atoms with Crippen molar-refractivity contribution >= 4 is 17.5 Å². The van der Waals surface area contributed by atoms with E-state index in [-0.39, 0.29) is 11.5 Å². The van der Waals surface area contributed by atoms with Crippen molar-refractivity contribution in [1.29, 1.82) is 0 Å². The molecule has 5 nitrogen and oxygen atoms in total. The molecule has 0 fully saturated rings. The Kier molecular flexibility index (Phi) is 4.54. The molecule has 1 aromatic rings. The van der Waals surface area contributed by atoms with Gasteiger partial charge < -0.3 is 5.32 Å². The van der Waals surface area contributed by atoms with E-state index in [9.17, 15) is 14.9 Å². The van der Waals surface area contributed by atoms with Crippen molar-refractivity contribution in [2.75, 3.05) is 13.6 Å². The molecule has 1 aromatic carbocycles. The molecule has 0 spiro atoms. The van der Waals surface area contributed by atoms with E-state index < -0.39 is 4.92 Å². The molecule has 0 heterocycles. The average molecular weight is 234 g/mol. The van der Waals surface area contributed by atoms with E-state index in [0.29, 0.717) is 17.7 Å². The largest absolute Gasteiger partial charge is 0.316 e. The predicted octanol–water partition coefficient (Wildman–Crippen LogP) is 2.03. The van der Waals surface area contributed by atoms with Crippen molar-refractivity contribution in [3.63, 3.8) is 0 Å². The lowest BCUT2D eigenvalue weighted by Crippen LogP contribution is -2.04. The van der Waals surface area contributed by atoms with Crippen molar-refractivity contribution in [2.45, 2.75) is 6.92 Å².